The number of esters is 1. The Morgan fingerprint density at radius 1 is 1.06 bits per heavy atom. The fraction of sp³-hybridized carbons (Fsp3) is 0.536. The molecule has 0 radical (unpaired) electrons. The van der Waals surface area contributed by atoms with E-state index in [1.807, 2.05) is 61.6 Å². The number of hydrogen-bond acceptors (Lipinski definition) is 6. The molecule has 36 heavy (non-hydrogen) atoms. The van der Waals surface area contributed by atoms with Crippen LogP contribution >= 0.6 is 0 Å². The minimum Gasteiger partial charge on any atom is -0.465 e. The number of amides is 2. The summed E-state index contributed by atoms with van der Waals surface area (Å²) in [4.78, 5) is 44.9. The van der Waals surface area contributed by atoms with Crippen LogP contribution in [0.5, 0.6) is 0 Å². The van der Waals surface area contributed by atoms with Crippen LogP contribution in [0.15, 0.2) is 54.6 Å². The number of likely N-dealkylation sites (tertiary alicyclic amines) is 1. The Morgan fingerprint density at radius 3 is 2.61 bits per heavy atom. The summed E-state index contributed by atoms with van der Waals surface area (Å²) in [6.45, 7) is 3.08. The normalized spacial score (nSPS) is 34.7. The van der Waals surface area contributed by atoms with Gasteiger partial charge in [-0.15, -0.1) is 0 Å². The molecule has 1 spiro atoms. The van der Waals surface area contributed by atoms with E-state index in [-0.39, 0.29) is 31.6 Å². The summed E-state index contributed by atoms with van der Waals surface area (Å²) in [6.07, 6.45) is 9.90. The van der Waals surface area contributed by atoms with E-state index in [2.05, 4.69) is 0 Å². The molecule has 4 heterocycles. The van der Waals surface area contributed by atoms with E-state index < -0.39 is 35.0 Å². The van der Waals surface area contributed by atoms with E-state index in [9.17, 15) is 19.5 Å². The second kappa shape index (κ2) is 9.82. The summed E-state index contributed by atoms with van der Waals surface area (Å²) in [5.74, 6) is -2.70. The minimum atomic E-state index is -1.29. The first-order valence-corrected chi connectivity index (χ1v) is 12.9. The number of fused-ring (bicyclic) bond motifs is 2. The standard InChI is InChI=1S/C28H34N2O6/c1-2-27-13-7-4-8-18-35-26(34)22(27)21-24(32)30(16-10-17-31)23-25(33)29(15-9-14-28(21,23)36-27)19-20-11-5-3-6-12-20/h3,5-7,9,11-14,21-23,31H,2,4,8,10,15-19H2,1H3/b13-7-/t21-,22-,23?,27+,28-/m0/s1. The highest BCUT2D eigenvalue weighted by molar-refractivity contribution is 5.99. The summed E-state index contributed by atoms with van der Waals surface area (Å²) in [5, 5.41) is 9.52. The van der Waals surface area contributed by atoms with Crippen molar-refractivity contribution in [2.75, 3.05) is 26.3 Å². The topological polar surface area (TPSA) is 96.4 Å². The lowest BCUT2D eigenvalue weighted by Gasteiger charge is -2.38. The first kappa shape index (κ1) is 24.7. The van der Waals surface area contributed by atoms with Crippen LogP contribution in [0.4, 0.5) is 0 Å². The van der Waals surface area contributed by atoms with Crippen LogP contribution in [-0.4, -0.2) is 76.2 Å². The maximum Gasteiger partial charge on any atom is 0.313 e. The molecule has 2 saturated heterocycles. The van der Waals surface area contributed by atoms with Crippen molar-refractivity contribution in [1.29, 1.82) is 0 Å². The molecule has 2 amide bonds. The van der Waals surface area contributed by atoms with Crippen molar-refractivity contribution >= 4 is 17.8 Å². The van der Waals surface area contributed by atoms with Crippen LogP contribution < -0.4 is 0 Å². The zero-order valence-corrected chi connectivity index (χ0v) is 20.7. The van der Waals surface area contributed by atoms with Gasteiger partial charge in [0.15, 0.2) is 0 Å². The van der Waals surface area contributed by atoms with Gasteiger partial charge in [-0.25, -0.2) is 0 Å². The molecule has 4 aliphatic rings. The molecule has 8 heteroatoms. The molecule has 0 aromatic heterocycles. The van der Waals surface area contributed by atoms with Crippen molar-refractivity contribution < 1.29 is 29.0 Å². The first-order valence-electron chi connectivity index (χ1n) is 12.9. The van der Waals surface area contributed by atoms with E-state index in [0.717, 1.165) is 12.0 Å². The summed E-state index contributed by atoms with van der Waals surface area (Å²) in [5.41, 5.74) is -1.35. The largest absolute Gasteiger partial charge is 0.465 e. The zero-order chi connectivity index (χ0) is 25.3. The van der Waals surface area contributed by atoms with Crippen molar-refractivity contribution in [3.63, 3.8) is 0 Å². The van der Waals surface area contributed by atoms with Crippen molar-refractivity contribution in [3.05, 3.63) is 60.2 Å². The highest BCUT2D eigenvalue weighted by Gasteiger charge is 2.75. The molecule has 2 fully saturated rings. The van der Waals surface area contributed by atoms with Gasteiger partial charge < -0.3 is 24.4 Å². The fourth-order valence-corrected chi connectivity index (χ4v) is 6.35. The van der Waals surface area contributed by atoms with Crippen LogP contribution in [0, 0.1) is 11.8 Å². The Balaban J connectivity index is 1.60. The number of ether oxygens (including phenoxy) is 2. The number of cyclic esters (lactones) is 1. The van der Waals surface area contributed by atoms with Gasteiger partial charge in [0.25, 0.3) is 0 Å². The van der Waals surface area contributed by atoms with Crippen LogP contribution in [0.3, 0.4) is 0 Å². The van der Waals surface area contributed by atoms with Gasteiger partial charge in [0.1, 0.15) is 23.2 Å². The summed E-state index contributed by atoms with van der Waals surface area (Å²) in [7, 11) is 0. The number of hydrogen-bond donors (Lipinski definition) is 1. The lowest BCUT2D eigenvalue weighted by atomic mass is 9.73. The van der Waals surface area contributed by atoms with E-state index in [0.29, 0.717) is 32.4 Å². The number of rotatable bonds is 6. The molecule has 192 valence electrons. The van der Waals surface area contributed by atoms with E-state index in [1.54, 1.807) is 4.90 Å². The first-order chi connectivity index (χ1) is 17.5. The number of benzene rings is 1. The molecular formula is C28H34N2O6. The molecule has 0 aliphatic carbocycles. The van der Waals surface area contributed by atoms with Gasteiger partial charge in [0.2, 0.25) is 11.8 Å². The minimum absolute atomic E-state index is 0.111. The molecule has 1 N–H and O–H groups in total. The predicted molar refractivity (Wildman–Crippen MR) is 131 cm³/mol. The zero-order valence-electron chi connectivity index (χ0n) is 20.7. The van der Waals surface area contributed by atoms with Gasteiger partial charge in [-0.05, 0) is 31.2 Å². The maximum absolute atomic E-state index is 14.2. The van der Waals surface area contributed by atoms with Crippen LogP contribution in [0.2, 0.25) is 0 Å². The number of aliphatic hydroxyl groups is 1. The Kier molecular flexibility index (Phi) is 6.74. The molecule has 5 atom stereocenters. The fourth-order valence-electron chi connectivity index (χ4n) is 6.35. The van der Waals surface area contributed by atoms with Crippen molar-refractivity contribution in [3.8, 4) is 0 Å². The van der Waals surface area contributed by atoms with Crippen LogP contribution in [0.1, 0.15) is 38.2 Å². The highest BCUT2D eigenvalue weighted by atomic mass is 16.6. The monoisotopic (exact) mass is 494 g/mol. The van der Waals surface area contributed by atoms with Crippen LogP contribution in [0.25, 0.3) is 0 Å². The summed E-state index contributed by atoms with van der Waals surface area (Å²) >= 11 is 0. The third-order valence-corrected chi connectivity index (χ3v) is 7.99. The second-order valence-electron chi connectivity index (χ2n) is 10.0. The lowest BCUT2D eigenvalue weighted by molar-refractivity contribution is -0.161. The molecule has 1 aromatic rings. The molecule has 0 saturated carbocycles. The average molecular weight is 495 g/mol. The number of carbonyl (C=O) groups excluding carboxylic acids is 3. The summed E-state index contributed by atoms with van der Waals surface area (Å²) in [6, 6.07) is 8.79. The summed E-state index contributed by atoms with van der Waals surface area (Å²) < 4.78 is 12.5. The van der Waals surface area contributed by atoms with Crippen molar-refractivity contribution in [1.82, 2.24) is 9.80 Å². The molecule has 4 aliphatic heterocycles. The van der Waals surface area contributed by atoms with Crippen molar-refractivity contribution in [2.45, 2.75) is 56.4 Å². The third kappa shape index (κ3) is 3.87. The van der Waals surface area contributed by atoms with Gasteiger partial charge in [-0.2, -0.15) is 0 Å². The number of aliphatic hydroxyl groups excluding tert-OH is 1. The van der Waals surface area contributed by atoms with Gasteiger partial charge >= 0.3 is 5.97 Å². The quantitative estimate of drug-likeness (QED) is 0.481. The Hall–Kier alpha value is -2.97. The van der Waals surface area contributed by atoms with E-state index in [4.69, 9.17) is 9.47 Å². The Morgan fingerprint density at radius 2 is 1.86 bits per heavy atom. The molecule has 1 unspecified atom stereocenters. The molecule has 5 rings (SSSR count). The van der Waals surface area contributed by atoms with Gasteiger partial charge in [-0.1, -0.05) is 61.6 Å². The van der Waals surface area contributed by atoms with Gasteiger partial charge in [0.05, 0.1) is 12.5 Å². The molecular weight excluding hydrogens is 460 g/mol. The van der Waals surface area contributed by atoms with Gasteiger partial charge in [0, 0.05) is 26.2 Å². The smallest absolute Gasteiger partial charge is 0.313 e. The van der Waals surface area contributed by atoms with E-state index in [1.165, 1.54) is 4.90 Å². The molecule has 1 aromatic carbocycles. The number of allylic oxidation sites excluding steroid dienone is 1. The van der Waals surface area contributed by atoms with Gasteiger partial charge in [-0.3, -0.25) is 14.4 Å². The molecule has 8 nitrogen and oxygen atoms in total. The predicted octanol–water partition coefficient (Wildman–Crippen LogP) is 2.22. The highest BCUT2D eigenvalue weighted by Crippen LogP contribution is 2.58. The molecule has 0 bridgehead atoms. The SMILES string of the molecule is CC[C@@]12/C=C\CCCOC(=O)[C@@H]1[C@H]1C(=O)N(CCCO)C3C(=O)N(Cc4ccccc4)CC=C[C@@]31O2. The Bertz CT molecular complexity index is 1070. The van der Waals surface area contributed by atoms with E-state index >= 15 is 0 Å². The van der Waals surface area contributed by atoms with Crippen LogP contribution in [-0.2, 0) is 30.4 Å². The van der Waals surface area contributed by atoms with Crippen molar-refractivity contribution in [2.24, 2.45) is 11.8 Å². The third-order valence-electron chi connectivity index (χ3n) is 7.99. The maximum atomic E-state index is 14.2. The number of carbonyl (C=O) groups is 3. The number of nitrogens with zero attached hydrogens (tertiary/aromatic N) is 2. The second-order valence-corrected chi connectivity index (χ2v) is 10.0. The average Bonchev–Trinajstić information content (AvgIpc) is 3.26. The Labute approximate surface area is 211 Å². The lowest BCUT2D eigenvalue weighted by Crippen LogP contribution is -2.56.